The molecule has 6 heteroatoms. The lowest BCUT2D eigenvalue weighted by atomic mass is 10.1. The summed E-state index contributed by atoms with van der Waals surface area (Å²) in [7, 11) is 1.56. The van der Waals surface area contributed by atoms with Gasteiger partial charge in [-0.05, 0) is 24.6 Å². The van der Waals surface area contributed by atoms with Gasteiger partial charge in [-0.1, -0.05) is 30.3 Å². The molecule has 0 N–H and O–H groups in total. The molecule has 2 amide bonds. The molecule has 1 aromatic carbocycles. The van der Waals surface area contributed by atoms with Crippen molar-refractivity contribution < 1.29 is 14.3 Å². The lowest BCUT2D eigenvalue weighted by molar-refractivity contribution is -0.156. The van der Waals surface area contributed by atoms with Crippen LogP contribution in [0.1, 0.15) is 18.2 Å². The SMILES string of the molecule is COc1cccnc1CN1C(=O)CN(Cc2ccccc2)C(=O)[C@@H]1C. The van der Waals surface area contributed by atoms with E-state index in [9.17, 15) is 9.59 Å². The van der Waals surface area contributed by atoms with E-state index in [-0.39, 0.29) is 24.9 Å². The minimum absolute atomic E-state index is 0.0571. The average Bonchev–Trinajstić information content (AvgIpc) is 2.64. The highest BCUT2D eigenvalue weighted by Crippen LogP contribution is 2.22. The number of hydrogen-bond acceptors (Lipinski definition) is 4. The van der Waals surface area contributed by atoms with Crippen LogP contribution in [0.25, 0.3) is 0 Å². The van der Waals surface area contributed by atoms with Gasteiger partial charge in [-0.3, -0.25) is 14.6 Å². The Balaban J connectivity index is 1.74. The fourth-order valence-electron chi connectivity index (χ4n) is 3.00. The summed E-state index contributed by atoms with van der Waals surface area (Å²) >= 11 is 0. The number of pyridine rings is 1. The van der Waals surface area contributed by atoms with Crippen molar-refractivity contribution in [1.82, 2.24) is 14.8 Å². The molecule has 1 fully saturated rings. The highest BCUT2D eigenvalue weighted by atomic mass is 16.5. The predicted molar refractivity (Wildman–Crippen MR) is 92.7 cm³/mol. The molecule has 0 unspecified atom stereocenters. The van der Waals surface area contributed by atoms with Crippen LogP contribution in [0, 0.1) is 0 Å². The van der Waals surface area contributed by atoms with Crippen molar-refractivity contribution in [1.29, 1.82) is 0 Å². The first kappa shape index (κ1) is 17.0. The van der Waals surface area contributed by atoms with E-state index in [4.69, 9.17) is 4.74 Å². The first-order valence-electron chi connectivity index (χ1n) is 8.20. The second-order valence-corrected chi connectivity index (χ2v) is 6.03. The maximum absolute atomic E-state index is 12.7. The molecule has 1 aliphatic heterocycles. The van der Waals surface area contributed by atoms with E-state index in [1.54, 1.807) is 42.2 Å². The van der Waals surface area contributed by atoms with Gasteiger partial charge < -0.3 is 14.5 Å². The second-order valence-electron chi connectivity index (χ2n) is 6.03. The van der Waals surface area contributed by atoms with E-state index in [0.29, 0.717) is 18.0 Å². The fourth-order valence-corrected chi connectivity index (χ4v) is 3.00. The third-order valence-corrected chi connectivity index (χ3v) is 4.39. The fraction of sp³-hybridized carbons (Fsp3) is 0.316. The molecule has 2 aromatic rings. The van der Waals surface area contributed by atoms with Crippen LogP contribution in [-0.4, -0.2) is 46.3 Å². The van der Waals surface area contributed by atoms with Crippen LogP contribution < -0.4 is 4.74 Å². The topological polar surface area (TPSA) is 62.7 Å². The third-order valence-electron chi connectivity index (χ3n) is 4.39. The average molecular weight is 339 g/mol. The van der Waals surface area contributed by atoms with Crippen molar-refractivity contribution in [2.24, 2.45) is 0 Å². The third kappa shape index (κ3) is 3.63. The maximum Gasteiger partial charge on any atom is 0.245 e. The second kappa shape index (κ2) is 7.34. The number of aromatic nitrogens is 1. The number of hydrogen-bond donors (Lipinski definition) is 0. The Hall–Kier alpha value is -2.89. The summed E-state index contributed by atoms with van der Waals surface area (Å²) in [5.41, 5.74) is 1.66. The van der Waals surface area contributed by atoms with Crippen molar-refractivity contribution in [2.45, 2.75) is 26.1 Å². The Morgan fingerprint density at radius 1 is 1.12 bits per heavy atom. The van der Waals surface area contributed by atoms with E-state index in [1.165, 1.54) is 0 Å². The van der Waals surface area contributed by atoms with Gasteiger partial charge in [0.1, 0.15) is 24.0 Å². The summed E-state index contributed by atoms with van der Waals surface area (Å²) in [6.07, 6.45) is 1.65. The number of benzene rings is 1. The zero-order valence-electron chi connectivity index (χ0n) is 14.4. The monoisotopic (exact) mass is 339 g/mol. The molecule has 6 nitrogen and oxygen atoms in total. The Bertz CT molecular complexity index is 764. The molecule has 1 saturated heterocycles. The summed E-state index contributed by atoms with van der Waals surface area (Å²) in [6, 6.07) is 12.7. The van der Waals surface area contributed by atoms with Crippen molar-refractivity contribution in [3.8, 4) is 5.75 Å². The maximum atomic E-state index is 12.7. The van der Waals surface area contributed by atoms with Gasteiger partial charge >= 0.3 is 0 Å². The molecule has 0 spiro atoms. The van der Waals surface area contributed by atoms with Gasteiger partial charge in [0.2, 0.25) is 11.8 Å². The van der Waals surface area contributed by atoms with Gasteiger partial charge in [-0.25, -0.2) is 0 Å². The molecule has 0 aliphatic carbocycles. The van der Waals surface area contributed by atoms with Crippen molar-refractivity contribution in [3.63, 3.8) is 0 Å². The normalized spacial score (nSPS) is 17.8. The van der Waals surface area contributed by atoms with Crippen molar-refractivity contribution in [3.05, 3.63) is 59.9 Å². The van der Waals surface area contributed by atoms with Crippen LogP contribution >= 0.6 is 0 Å². The number of ether oxygens (including phenoxy) is 1. The smallest absolute Gasteiger partial charge is 0.245 e. The predicted octanol–water partition coefficient (Wildman–Crippen LogP) is 1.85. The Morgan fingerprint density at radius 2 is 1.88 bits per heavy atom. The molecule has 130 valence electrons. The number of piperazine rings is 1. The quantitative estimate of drug-likeness (QED) is 0.834. The molecule has 1 aromatic heterocycles. The number of rotatable bonds is 5. The highest BCUT2D eigenvalue weighted by Gasteiger charge is 2.36. The van der Waals surface area contributed by atoms with Crippen LogP contribution in [-0.2, 0) is 22.7 Å². The first-order chi connectivity index (χ1) is 12.1. The lowest BCUT2D eigenvalue weighted by Crippen LogP contribution is -2.58. The van der Waals surface area contributed by atoms with E-state index in [0.717, 1.165) is 5.56 Å². The van der Waals surface area contributed by atoms with Crippen LogP contribution in [0.4, 0.5) is 0 Å². The summed E-state index contributed by atoms with van der Waals surface area (Å²) < 4.78 is 5.29. The largest absolute Gasteiger partial charge is 0.495 e. The molecule has 2 heterocycles. The van der Waals surface area contributed by atoms with Gasteiger partial charge in [-0.2, -0.15) is 0 Å². The molecular weight excluding hydrogens is 318 g/mol. The zero-order valence-corrected chi connectivity index (χ0v) is 14.4. The van der Waals surface area contributed by atoms with Crippen LogP contribution in [0.2, 0.25) is 0 Å². The van der Waals surface area contributed by atoms with E-state index < -0.39 is 6.04 Å². The molecule has 0 radical (unpaired) electrons. The summed E-state index contributed by atoms with van der Waals surface area (Å²) in [6.45, 7) is 2.53. The molecule has 0 bridgehead atoms. The summed E-state index contributed by atoms with van der Waals surface area (Å²) in [5, 5.41) is 0. The van der Waals surface area contributed by atoms with Crippen LogP contribution in [0.15, 0.2) is 48.7 Å². The van der Waals surface area contributed by atoms with E-state index in [2.05, 4.69) is 4.98 Å². The van der Waals surface area contributed by atoms with Crippen LogP contribution in [0.3, 0.4) is 0 Å². The van der Waals surface area contributed by atoms with E-state index in [1.807, 2.05) is 30.3 Å². The molecule has 1 atom stereocenters. The zero-order chi connectivity index (χ0) is 17.8. The van der Waals surface area contributed by atoms with Gasteiger partial charge in [0.25, 0.3) is 0 Å². The van der Waals surface area contributed by atoms with Gasteiger partial charge in [0.15, 0.2) is 0 Å². The summed E-state index contributed by atoms with van der Waals surface area (Å²) in [4.78, 5) is 32.8. The lowest BCUT2D eigenvalue weighted by Gasteiger charge is -2.38. The molecule has 25 heavy (non-hydrogen) atoms. The molecule has 0 saturated carbocycles. The molecule has 3 rings (SSSR count). The standard InChI is InChI=1S/C19H21N3O3/c1-14-19(24)21(11-15-7-4-3-5-8-15)13-18(23)22(14)12-16-17(25-2)9-6-10-20-16/h3-10,14H,11-13H2,1-2H3/t14-/m0/s1. The number of amides is 2. The first-order valence-corrected chi connectivity index (χ1v) is 8.20. The Morgan fingerprint density at radius 3 is 2.60 bits per heavy atom. The number of carbonyl (C=O) groups is 2. The van der Waals surface area contributed by atoms with Gasteiger partial charge in [-0.15, -0.1) is 0 Å². The summed E-state index contributed by atoms with van der Waals surface area (Å²) in [5.74, 6) is 0.468. The van der Waals surface area contributed by atoms with Gasteiger partial charge in [0, 0.05) is 12.7 Å². The minimum Gasteiger partial charge on any atom is -0.495 e. The number of methoxy groups -OCH3 is 1. The molecule has 1 aliphatic rings. The van der Waals surface area contributed by atoms with Crippen LogP contribution in [0.5, 0.6) is 5.75 Å². The Labute approximate surface area is 147 Å². The number of carbonyl (C=O) groups excluding carboxylic acids is 2. The minimum atomic E-state index is -0.531. The van der Waals surface area contributed by atoms with Gasteiger partial charge in [0.05, 0.1) is 13.7 Å². The highest BCUT2D eigenvalue weighted by molar-refractivity contribution is 5.94. The van der Waals surface area contributed by atoms with E-state index >= 15 is 0 Å². The Kier molecular flexibility index (Phi) is 4.97. The van der Waals surface area contributed by atoms with Crippen molar-refractivity contribution in [2.75, 3.05) is 13.7 Å². The molecular formula is C19H21N3O3. The van der Waals surface area contributed by atoms with Crippen molar-refractivity contribution >= 4 is 11.8 Å². The number of nitrogens with zero attached hydrogens (tertiary/aromatic N) is 3.